The maximum Gasteiger partial charge on any atom is 0.142 e. The Labute approximate surface area is 96.4 Å². The van der Waals surface area contributed by atoms with Crippen molar-refractivity contribution < 1.29 is 0 Å². The van der Waals surface area contributed by atoms with Crippen LogP contribution in [-0.2, 0) is 0 Å². The number of nitrogens with one attached hydrogen (secondary N) is 2. The molecule has 0 fully saturated rings. The summed E-state index contributed by atoms with van der Waals surface area (Å²) in [7, 11) is 0. The molecule has 1 unspecified atom stereocenters. The number of aromatic nitrogens is 2. The quantitative estimate of drug-likeness (QED) is 0.775. The van der Waals surface area contributed by atoms with Gasteiger partial charge in [-0.05, 0) is 19.1 Å². The van der Waals surface area contributed by atoms with Crippen LogP contribution < -0.4 is 11.1 Å². The lowest BCUT2D eigenvalue weighted by Gasteiger charge is -2.11. The molecule has 0 spiro atoms. The van der Waals surface area contributed by atoms with Gasteiger partial charge in [0, 0.05) is 4.88 Å². The van der Waals surface area contributed by atoms with Crippen molar-refractivity contribution in [3.63, 3.8) is 0 Å². The average Bonchev–Trinajstić information content (AvgIpc) is 2.77. The van der Waals surface area contributed by atoms with Crippen LogP contribution in [0.2, 0.25) is 4.34 Å². The SMILES string of the molecule is CC(Nc1cn[nH]c1N)c1ccc(Cl)s1. The molecule has 80 valence electrons. The highest BCUT2D eigenvalue weighted by Gasteiger charge is 2.10. The molecular weight excluding hydrogens is 232 g/mol. The van der Waals surface area contributed by atoms with Crippen molar-refractivity contribution in [3.05, 3.63) is 27.5 Å². The number of halogens is 1. The van der Waals surface area contributed by atoms with E-state index in [2.05, 4.69) is 22.4 Å². The maximum atomic E-state index is 5.87. The number of anilines is 2. The molecule has 0 aliphatic rings. The highest BCUT2D eigenvalue weighted by atomic mass is 35.5. The Morgan fingerprint density at radius 1 is 1.60 bits per heavy atom. The fourth-order valence-electron chi connectivity index (χ4n) is 1.28. The Kier molecular flexibility index (Phi) is 2.83. The molecule has 4 N–H and O–H groups in total. The van der Waals surface area contributed by atoms with Gasteiger partial charge in [0.2, 0.25) is 0 Å². The lowest BCUT2D eigenvalue weighted by atomic mass is 10.2. The van der Waals surface area contributed by atoms with Crippen molar-refractivity contribution in [3.8, 4) is 0 Å². The van der Waals surface area contributed by atoms with Crippen LogP contribution in [0.3, 0.4) is 0 Å². The van der Waals surface area contributed by atoms with Gasteiger partial charge < -0.3 is 11.1 Å². The van der Waals surface area contributed by atoms with Crippen LogP contribution in [0.4, 0.5) is 11.5 Å². The van der Waals surface area contributed by atoms with Crippen LogP contribution >= 0.6 is 22.9 Å². The van der Waals surface area contributed by atoms with E-state index in [-0.39, 0.29) is 6.04 Å². The number of hydrogen-bond donors (Lipinski definition) is 3. The summed E-state index contributed by atoms with van der Waals surface area (Å²) in [6, 6.07) is 4.06. The number of hydrogen-bond acceptors (Lipinski definition) is 4. The Morgan fingerprint density at radius 2 is 2.40 bits per heavy atom. The first-order valence-corrected chi connectivity index (χ1v) is 5.67. The normalized spacial score (nSPS) is 12.7. The van der Waals surface area contributed by atoms with Crippen LogP contribution in [0, 0.1) is 0 Å². The van der Waals surface area contributed by atoms with Crippen LogP contribution in [0.15, 0.2) is 18.3 Å². The average molecular weight is 243 g/mol. The van der Waals surface area contributed by atoms with Gasteiger partial charge in [-0.1, -0.05) is 11.6 Å². The number of aromatic amines is 1. The summed E-state index contributed by atoms with van der Waals surface area (Å²) in [5, 5.41) is 9.76. The zero-order valence-corrected chi connectivity index (χ0v) is 9.69. The number of nitrogens with two attached hydrogens (primary N) is 1. The number of nitrogen functional groups attached to an aromatic ring is 1. The van der Waals surface area contributed by atoms with E-state index in [9.17, 15) is 0 Å². The highest BCUT2D eigenvalue weighted by molar-refractivity contribution is 7.16. The fraction of sp³-hybridized carbons (Fsp3) is 0.222. The first kappa shape index (κ1) is 10.3. The summed E-state index contributed by atoms with van der Waals surface area (Å²) in [5.74, 6) is 0.546. The molecule has 0 radical (unpaired) electrons. The standard InChI is InChI=1S/C9H11ClN4S/c1-5(7-2-3-8(10)15-7)13-6-4-12-14-9(6)11/h2-5,13H,1H3,(H3,11,12,14). The van der Waals surface area contributed by atoms with Crippen molar-refractivity contribution in [2.24, 2.45) is 0 Å². The van der Waals surface area contributed by atoms with Gasteiger partial charge in [-0.15, -0.1) is 11.3 Å². The van der Waals surface area contributed by atoms with Gasteiger partial charge >= 0.3 is 0 Å². The van der Waals surface area contributed by atoms with Gasteiger partial charge in [0.1, 0.15) is 5.82 Å². The zero-order valence-electron chi connectivity index (χ0n) is 8.12. The van der Waals surface area contributed by atoms with Crippen molar-refractivity contribution in [1.29, 1.82) is 0 Å². The molecule has 0 aliphatic heterocycles. The molecule has 4 nitrogen and oxygen atoms in total. The van der Waals surface area contributed by atoms with Crippen LogP contribution in [-0.4, -0.2) is 10.2 Å². The summed E-state index contributed by atoms with van der Waals surface area (Å²) in [5.41, 5.74) is 6.48. The molecule has 2 aromatic rings. The van der Waals surface area contributed by atoms with Crippen LogP contribution in [0.25, 0.3) is 0 Å². The molecule has 0 saturated heterocycles. The van der Waals surface area contributed by atoms with E-state index in [1.54, 1.807) is 17.5 Å². The maximum absolute atomic E-state index is 5.87. The van der Waals surface area contributed by atoms with Crippen molar-refractivity contribution in [1.82, 2.24) is 10.2 Å². The Bertz CT molecular complexity index is 450. The third-order valence-corrected chi connectivity index (χ3v) is 3.48. The van der Waals surface area contributed by atoms with E-state index >= 15 is 0 Å². The minimum Gasteiger partial charge on any atom is -0.382 e. The molecular formula is C9H11ClN4S. The van der Waals surface area contributed by atoms with Gasteiger partial charge in [0.15, 0.2) is 0 Å². The second-order valence-corrected chi connectivity index (χ2v) is 4.95. The highest BCUT2D eigenvalue weighted by Crippen LogP contribution is 2.29. The summed E-state index contributed by atoms with van der Waals surface area (Å²) >= 11 is 7.42. The molecule has 0 saturated carbocycles. The third-order valence-electron chi connectivity index (χ3n) is 2.06. The van der Waals surface area contributed by atoms with Crippen molar-refractivity contribution in [2.75, 3.05) is 11.1 Å². The van der Waals surface area contributed by atoms with Crippen molar-refractivity contribution >= 4 is 34.4 Å². The second kappa shape index (κ2) is 4.12. The van der Waals surface area contributed by atoms with Crippen LogP contribution in [0.5, 0.6) is 0 Å². The number of nitrogens with zero attached hydrogens (tertiary/aromatic N) is 1. The zero-order chi connectivity index (χ0) is 10.8. The molecule has 0 amide bonds. The minimum atomic E-state index is 0.169. The topological polar surface area (TPSA) is 66.7 Å². The number of rotatable bonds is 3. The lowest BCUT2D eigenvalue weighted by Crippen LogP contribution is -2.05. The van der Waals surface area contributed by atoms with Gasteiger partial charge in [-0.25, -0.2) is 0 Å². The van der Waals surface area contributed by atoms with Crippen LogP contribution in [0.1, 0.15) is 17.8 Å². The number of H-pyrrole nitrogens is 1. The minimum absolute atomic E-state index is 0.169. The number of thiophene rings is 1. The van der Waals surface area contributed by atoms with E-state index in [0.29, 0.717) is 5.82 Å². The largest absolute Gasteiger partial charge is 0.382 e. The molecule has 1 atom stereocenters. The molecule has 2 rings (SSSR count). The Balaban J connectivity index is 2.10. The van der Waals surface area contributed by atoms with Crippen molar-refractivity contribution in [2.45, 2.75) is 13.0 Å². The monoisotopic (exact) mass is 242 g/mol. The Morgan fingerprint density at radius 3 is 2.93 bits per heavy atom. The van der Waals surface area contributed by atoms with E-state index in [4.69, 9.17) is 17.3 Å². The fourth-order valence-corrected chi connectivity index (χ4v) is 2.34. The summed E-state index contributed by atoms with van der Waals surface area (Å²) < 4.78 is 0.791. The third kappa shape index (κ3) is 2.24. The first-order valence-electron chi connectivity index (χ1n) is 4.47. The molecule has 0 aromatic carbocycles. The molecule has 6 heteroatoms. The van der Waals surface area contributed by atoms with E-state index in [0.717, 1.165) is 10.0 Å². The predicted octanol–water partition coefficient (Wildman–Crippen LogP) is 2.88. The van der Waals surface area contributed by atoms with E-state index < -0.39 is 0 Å². The molecule has 2 aromatic heterocycles. The second-order valence-electron chi connectivity index (χ2n) is 3.21. The summed E-state index contributed by atoms with van der Waals surface area (Å²) in [6.45, 7) is 2.05. The Hall–Kier alpha value is -1.20. The first-order chi connectivity index (χ1) is 7.16. The van der Waals surface area contributed by atoms with Gasteiger partial charge in [0.25, 0.3) is 0 Å². The molecule has 0 aliphatic carbocycles. The van der Waals surface area contributed by atoms with Gasteiger partial charge in [-0.3, -0.25) is 5.10 Å². The smallest absolute Gasteiger partial charge is 0.142 e. The lowest BCUT2D eigenvalue weighted by molar-refractivity contribution is 0.909. The van der Waals surface area contributed by atoms with Gasteiger partial charge in [0.05, 0.1) is 22.3 Å². The molecule has 15 heavy (non-hydrogen) atoms. The van der Waals surface area contributed by atoms with E-state index in [1.165, 1.54) is 4.88 Å². The summed E-state index contributed by atoms with van der Waals surface area (Å²) in [4.78, 5) is 1.17. The molecule has 0 bridgehead atoms. The predicted molar refractivity (Wildman–Crippen MR) is 64.4 cm³/mol. The molecule has 2 heterocycles. The van der Waals surface area contributed by atoms with E-state index in [1.807, 2.05) is 12.1 Å². The summed E-state index contributed by atoms with van der Waals surface area (Å²) in [6.07, 6.45) is 1.67. The van der Waals surface area contributed by atoms with Gasteiger partial charge in [-0.2, -0.15) is 5.10 Å².